The van der Waals surface area contributed by atoms with Crippen molar-refractivity contribution in [2.45, 2.75) is 130 Å². The maximum atomic E-state index is 13.5. The third-order valence-electron chi connectivity index (χ3n) is 13.7. The van der Waals surface area contributed by atoms with Crippen molar-refractivity contribution in [1.82, 2.24) is 29.7 Å². The first-order chi connectivity index (χ1) is 38.3. The molecular weight excluding hydrogens is 1030 g/mol. The Balaban J connectivity index is 0.000000232. The number of hydrogen-bond donors (Lipinski definition) is 3. The fraction of sp³-hybridized carbons (Fsp3) is 0.500. The number of amides is 6. The molecule has 0 spiro atoms. The van der Waals surface area contributed by atoms with E-state index >= 15 is 0 Å². The van der Waals surface area contributed by atoms with Crippen LogP contribution in [0.3, 0.4) is 0 Å². The Bertz CT molecular complexity index is 2850. The summed E-state index contributed by atoms with van der Waals surface area (Å²) in [6, 6.07) is 11.5. The van der Waals surface area contributed by atoms with Gasteiger partial charge in [0.15, 0.2) is 11.6 Å². The van der Waals surface area contributed by atoms with Gasteiger partial charge in [-0.15, -0.1) is 0 Å². The Morgan fingerprint density at radius 2 is 0.925 bits per heavy atom. The van der Waals surface area contributed by atoms with E-state index in [1.165, 1.54) is 12.4 Å². The number of nitrogens with one attached hydrogen (secondary N) is 2. The highest BCUT2D eigenvalue weighted by Gasteiger charge is 2.37. The van der Waals surface area contributed by atoms with Crippen molar-refractivity contribution in [2.75, 3.05) is 82.6 Å². The number of imide groups is 2. The predicted octanol–water partition coefficient (Wildman–Crippen LogP) is 6.61. The number of carbonyl (C=O) groups is 8. The normalized spacial score (nSPS) is 16.0. The fourth-order valence-electron chi connectivity index (χ4n) is 9.37. The molecule has 0 bridgehead atoms. The minimum atomic E-state index is -1.14. The van der Waals surface area contributed by atoms with Gasteiger partial charge in [0.25, 0.3) is 0 Å². The average molecular weight is 1110 g/mol. The number of benzene rings is 2. The number of ether oxygens (including phenoxy) is 3. The summed E-state index contributed by atoms with van der Waals surface area (Å²) in [5.41, 5.74) is 1.01. The summed E-state index contributed by atoms with van der Waals surface area (Å²) in [5, 5.41) is 16.1. The van der Waals surface area contributed by atoms with E-state index in [0.29, 0.717) is 81.3 Å². The molecule has 24 nitrogen and oxygen atoms in total. The van der Waals surface area contributed by atoms with E-state index in [1.54, 1.807) is 79.1 Å². The number of aromatic nitrogens is 4. The molecule has 2 atom stereocenters. The van der Waals surface area contributed by atoms with Gasteiger partial charge in [-0.25, -0.2) is 38.9 Å². The Morgan fingerprint density at radius 1 is 0.575 bits per heavy atom. The summed E-state index contributed by atoms with van der Waals surface area (Å²) in [4.78, 5) is 128. The lowest BCUT2D eigenvalue weighted by molar-refractivity contribution is -0.155. The molecule has 2 aromatic carbocycles. The zero-order chi connectivity index (χ0) is 57.7. The Kier molecular flexibility index (Phi) is 19.9. The van der Waals surface area contributed by atoms with Crippen LogP contribution in [-0.4, -0.2) is 153 Å². The Hall–Kier alpha value is -8.44. The second-order valence-corrected chi connectivity index (χ2v) is 20.5. The van der Waals surface area contributed by atoms with E-state index in [1.807, 2.05) is 37.5 Å². The van der Waals surface area contributed by atoms with E-state index in [4.69, 9.17) is 14.2 Å². The molecular formula is C56H72N12O12. The van der Waals surface area contributed by atoms with E-state index in [0.717, 1.165) is 41.0 Å². The molecule has 8 rings (SSSR count). The smallest absolute Gasteiger partial charge is 0.415 e. The molecule has 0 saturated carbocycles. The van der Waals surface area contributed by atoms with Crippen molar-refractivity contribution in [3.8, 4) is 11.5 Å². The number of rotatable bonds is 20. The van der Waals surface area contributed by atoms with E-state index in [-0.39, 0.29) is 91.3 Å². The third-order valence-corrected chi connectivity index (χ3v) is 13.7. The first kappa shape index (κ1) is 59.2. The molecule has 4 aliphatic rings. The lowest BCUT2D eigenvalue weighted by Crippen LogP contribution is -2.39. The van der Waals surface area contributed by atoms with E-state index in [9.17, 15) is 43.5 Å². The van der Waals surface area contributed by atoms with Crippen LogP contribution in [0.15, 0.2) is 60.9 Å². The number of carbonyl (C=O) groups excluding carboxylic acids is 7. The molecule has 0 radical (unpaired) electrons. The van der Waals surface area contributed by atoms with Crippen LogP contribution in [-0.2, 0) is 46.3 Å². The molecule has 4 saturated heterocycles. The van der Waals surface area contributed by atoms with Crippen molar-refractivity contribution in [1.29, 1.82) is 0 Å². The molecule has 3 N–H and O–H groups in total. The van der Waals surface area contributed by atoms with Gasteiger partial charge in [-0.2, -0.15) is 9.97 Å². The molecule has 2 aromatic heterocycles. The first-order valence-electron chi connectivity index (χ1n) is 27.3. The second-order valence-electron chi connectivity index (χ2n) is 20.5. The molecule has 6 heterocycles. The highest BCUT2D eigenvalue weighted by molar-refractivity contribution is 6.21. The Morgan fingerprint density at radius 3 is 1.26 bits per heavy atom. The summed E-state index contributed by atoms with van der Waals surface area (Å²) < 4.78 is 16.6. The van der Waals surface area contributed by atoms with Crippen molar-refractivity contribution < 1.29 is 57.7 Å². The summed E-state index contributed by atoms with van der Waals surface area (Å²) in [6.45, 7) is 18.4. The third kappa shape index (κ3) is 15.2. The van der Waals surface area contributed by atoms with Gasteiger partial charge in [0, 0.05) is 90.9 Å². The molecule has 428 valence electrons. The molecule has 80 heavy (non-hydrogen) atoms. The van der Waals surface area contributed by atoms with Crippen molar-refractivity contribution in [3.63, 3.8) is 0 Å². The molecule has 0 aliphatic carbocycles. The first-order valence-corrected chi connectivity index (χ1v) is 27.3. The number of nitrogens with zero attached hydrogens (tertiary/aromatic N) is 10. The van der Waals surface area contributed by atoms with Crippen LogP contribution in [0.1, 0.15) is 111 Å². The molecule has 6 amide bonds. The quantitative estimate of drug-likeness (QED) is 0.0619. The summed E-state index contributed by atoms with van der Waals surface area (Å²) in [6.07, 6.45) is 6.53. The minimum absolute atomic E-state index is 0.0711. The van der Waals surface area contributed by atoms with Crippen LogP contribution in [0, 0.1) is 0 Å². The fourth-order valence-corrected chi connectivity index (χ4v) is 9.37. The zero-order valence-corrected chi connectivity index (χ0v) is 46.6. The number of hydrogen-bond acceptors (Lipinski definition) is 19. The lowest BCUT2D eigenvalue weighted by Gasteiger charge is -2.27. The van der Waals surface area contributed by atoms with Gasteiger partial charge in [-0.3, -0.25) is 19.2 Å². The standard InChI is InChI=1S/C30H40N6O6.C26H32N6O6/c1-6-34(7-2)28-31-19-23(36-24(37)14-15-25(36)38)26(33-28)32-22(27(39)42-30(3,4)5)18-20-10-12-21(13-11-20)41-29(40)35-16-8-9-17-35;1-3-30(4-2)25-27-16-20(32-21(33)11-12-22(32)34)23(29-25)28-19(24(35)36)15-17-7-9-18(10-8-17)38-26(37)31-13-5-6-14-31/h10-13,19,22H,6-9,14-18H2,1-5H3,(H,31,32,33);7-10,16,19H,3-6,11-15H2,1-2H3,(H,35,36)(H,27,28,29)/t22-;19-/m00/s1. The zero-order valence-electron chi connectivity index (χ0n) is 46.6. The maximum Gasteiger partial charge on any atom is 0.415 e. The molecule has 4 aliphatic heterocycles. The molecule has 24 heteroatoms. The van der Waals surface area contributed by atoms with E-state index in [2.05, 4.69) is 30.6 Å². The van der Waals surface area contributed by atoms with Crippen molar-refractivity contribution in [3.05, 3.63) is 72.1 Å². The number of esters is 1. The van der Waals surface area contributed by atoms with Crippen molar-refractivity contribution >= 4 is 82.7 Å². The monoisotopic (exact) mass is 1100 g/mol. The second kappa shape index (κ2) is 26.9. The summed E-state index contributed by atoms with van der Waals surface area (Å²) in [7, 11) is 0. The van der Waals surface area contributed by atoms with Crippen molar-refractivity contribution in [2.24, 2.45) is 0 Å². The van der Waals surface area contributed by atoms with Gasteiger partial charge in [-0.05, 0) is 110 Å². The number of carboxylic acids is 1. The molecule has 0 unspecified atom stereocenters. The van der Waals surface area contributed by atoms with Crippen LogP contribution in [0.4, 0.5) is 44.5 Å². The lowest BCUT2D eigenvalue weighted by atomic mass is 10.0. The highest BCUT2D eigenvalue weighted by atomic mass is 16.6. The number of anilines is 6. The summed E-state index contributed by atoms with van der Waals surface area (Å²) >= 11 is 0. The largest absolute Gasteiger partial charge is 0.480 e. The number of aliphatic carboxylic acids is 1. The van der Waals surface area contributed by atoms with Gasteiger partial charge in [0.05, 0.1) is 12.4 Å². The Labute approximate surface area is 465 Å². The van der Waals surface area contributed by atoms with Gasteiger partial charge >= 0.3 is 24.1 Å². The van der Waals surface area contributed by atoms with Crippen LogP contribution in [0.2, 0.25) is 0 Å². The molecule has 4 fully saturated rings. The van der Waals surface area contributed by atoms with Gasteiger partial charge in [0.2, 0.25) is 35.5 Å². The van der Waals surface area contributed by atoms with Gasteiger partial charge in [-0.1, -0.05) is 24.3 Å². The topological polar surface area (TPSA) is 280 Å². The summed E-state index contributed by atoms with van der Waals surface area (Å²) in [5.74, 6) is -1.33. The predicted molar refractivity (Wildman–Crippen MR) is 297 cm³/mol. The maximum absolute atomic E-state index is 13.5. The van der Waals surface area contributed by atoms with Crippen LogP contribution >= 0.6 is 0 Å². The van der Waals surface area contributed by atoms with Crippen LogP contribution < -0.4 is 39.7 Å². The van der Waals surface area contributed by atoms with E-state index < -0.39 is 35.7 Å². The molecule has 4 aromatic rings. The van der Waals surface area contributed by atoms with Gasteiger partial charge < -0.3 is 49.6 Å². The van der Waals surface area contributed by atoms with Crippen LogP contribution in [0.25, 0.3) is 0 Å². The van der Waals surface area contributed by atoms with Crippen LogP contribution in [0.5, 0.6) is 11.5 Å². The number of likely N-dealkylation sites (tertiary alicyclic amines) is 2. The minimum Gasteiger partial charge on any atom is -0.480 e. The highest BCUT2D eigenvalue weighted by Crippen LogP contribution is 2.33. The van der Waals surface area contributed by atoms with Gasteiger partial charge in [0.1, 0.15) is 40.6 Å². The SMILES string of the molecule is CCN(CC)c1ncc(N2C(=O)CCC2=O)c(N[C@@H](Cc2ccc(OC(=O)N3CCCC3)cc2)C(=O)O)n1.CCN(CC)c1ncc(N2C(=O)CCC2=O)c(N[C@@H](Cc2ccc(OC(=O)N3CCCC3)cc2)C(=O)OC(C)(C)C)n1. The average Bonchev–Trinajstić information content (AvgIpc) is 4.29. The number of carboxylic acid groups (broad SMARTS) is 1.